The Morgan fingerprint density at radius 3 is 2.76 bits per heavy atom. The van der Waals surface area contributed by atoms with Crippen molar-refractivity contribution in [1.29, 1.82) is 0 Å². The summed E-state index contributed by atoms with van der Waals surface area (Å²) in [6, 6.07) is 4.49. The van der Waals surface area contributed by atoms with Crippen LogP contribution in [0.5, 0.6) is 5.88 Å². The predicted molar refractivity (Wildman–Crippen MR) is 137 cm³/mol. The number of aliphatic imine (C=N–C) groups is 1. The number of benzene rings is 1. The van der Waals surface area contributed by atoms with Crippen LogP contribution in [0.3, 0.4) is 0 Å². The van der Waals surface area contributed by atoms with Gasteiger partial charge in [0.15, 0.2) is 5.17 Å². The summed E-state index contributed by atoms with van der Waals surface area (Å²) in [6.07, 6.45) is 4.92. The summed E-state index contributed by atoms with van der Waals surface area (Å²) in [5, 5.41) is 6.04. The van der Waals surface area contributed by atoms with Gasteiger partial charge in [0.2, 0.25) is 11.8 Å². The first-order valence-electron chi connectivity index (χ1n) is 12.1. The number of amides is 2. The third kappa shape index (κ3) is 4.99. The maximum Gasteiger partial charge on any atom is 0.275 e. The molecule has 2 amide bonds. The van der Waals surface area contributed by atoms with Gasteiger partial charge in [-0.15, -0.1) is 0 Å². The molecule has 2 fully saturated rings. The first-order valence-corrected chi connectivity index (χ1v) is 12.9. The number of thioether (sulfide) groups is 1. The quantitative estimate of drug-likeness (QED) is 0.451. The number of nitrogens with zero attached hydrogens (tertiary/aromatic N) is 3. The highest BCUT2D eigenvalue weighted by atomic mass is 32.2. The zero-order valence-electron chi connectivity index (χ0n) is 20.8. The Kier molecular flexibility index (Phi) is 6.57. The van der Waals surface area contributed by atoms with Crippen LogP contribution >= 0.6 is 11.8 Å². The fourth-order valence-electron chi connectivity index (χ4n) is 4.76. The molecule has 2 aromatic rings. The van der Waals surface area contributed by atoms with Crippen LogP contribution < -0.4 is 21.1 Å². The van der Waals surface area contributed by atoms with Crippen LogP contribution in [0.15, 0.2) is 35.6 Å². The lowest BCUT2D eigenvalue weighted by molar-refractivity contribution is -0.121. The molecule has 2 saturated carbocycles. The molecule has 2 aliphatic carbocycles. The lowest BCUT2D eigenvalue weighted by Gasteiger charge is -2.34. The molecule has 1 aliphatic heterocycles. The van der Waals surface area contributed by atoms with Gasteiger partial charge in [0, 0.05) is 30.3 Å². The molecular weight excluding hydrogens is 499 g/mol. The van der Waals surface area contributed by atoms with E-state index in [4.69, 9.17) is 15.2 Å². The number of rotatable bonds is 9. The van der Waals surface area contributed by atoms with E-state index in [0.29, 0.717) is 18.7 Å². The summed E-state index contributed by atoms with van der Waals surface area (Å²) in [4.78, 5) is 38.7. The Balaban J connectivity index is 1.33. The number of amidine groups is 1. The molecule has 0 bridgehead atoms. The average Bonchev–Trinajstić information content (AvgIpc) is 3.77. The van der Waals surface area contributed by atoms with Crippen LogP contribution in [0, 0.1) is 11.7 Å². The second-order valence-corrected chi connectivity index (χ2v) is 11.2. The number of carbonyl (C=O) groups excluding carboxylic acids is 2. The van der Waals surface area contributed by atoms with Gasteiger partial charge < -0.3 is 25.8 Å². The van der Waals surface area contributed by atoms with Crippen molar-refractivity contribution >= 4 is 34.4 Å². The lowest BCUT2D eigenvalue weighted by atomic mass is 9.85. The van der Waals surface area contributed by atoms with Gasteiger partial charge in [-0.05, 0) is 51.3 Å². The molecule has 196 valence electrons. The van der Waals surface area contributed by atoms with Crippen LogP contribution in [0.25, 0.3) is 0 Å². The Labute approximate surface area is 218 Å². The molecule has 0 saturated heterocycles. The van der Waals surface area contributed by atoms with Crippen molar-refractivity contribution in [3.63, 3.8) is 0 Å². The molecule has 1 aromatic heterocycles. The standard InChI is InChI=1S/C25H29FN6O4S/c1-13(12-35-3)36-20-11-28-18(10-29-20)21(33)30-15-6-7-17(26)16(8-15)24(2)19-9-25(19,37-23(27)32-24)22(34)31-14-4-5-14/h6-8,10-11,13-14,19H,4-5,9,12H2,1-3H3,(H2,27,32)(H,30,33)(H,31,34)/t13-,19-,24+,25-/m0/s1. The maximum absolute atomic E-state index is 15.2. The lowest BCUT2D eigenvalue weighted by Crippen LogP contribution is -2.44. The summed E-state index contributed by atoms with van der Waals surface area (Å²) in [5.41, 5.74) is 5.78. The van der Waals surface area contributed by atoms with Gasteiger partial charge in [-0.3, -0.25) is 14.6 Å². The molecule has 0 radical (unpaired) electrons. The van der Waals surface area contributed by atoms with Crippen molar-refractivity contribution in [1.82, 2.24) is 15.3 Å². The van der Waals surface area contributed by atoms with Crippen molar-refractivity contribution in [2.75, 3.05) is 19.0 Å². The van der Waals surface area contributed by atoms with E-state index < -0.39 is 22.0 Å². The smallest absolute Gasteiger partial charge is 0.275 e. The van der Waals surface area contributed by atoms with E-state index >= 15 is 4.39 Å². The normalized spacial score (nSPS) is 26.9. The van der Waals surface area contributed by atoms with Crippen LogP contribution in [-0.4, -0.2) is 57.6 Å². The number of fused-ring (bicyclic) bond motifs is 1. The van der Waals surface area contributed by atoms with Crippen LogP contribution in [0.4, 0.5) is 10.1 Å². The number of methoxy groups -OCH3 is 1. The first kappa shape index (κ1) is 25.4. The van der Waals surface area contributed by atoms with E-state index in [1.165, 1.54) is 36.3 Å². The molecule has 37 heavy (non-hydrogen) atoms. The Bertz CT molecular complexity index is 1260. The van der Waals surface area contributed by atoms with Gasteiger partial charge in [0.05, 0.1) is 24.5 Å². The van der Waals surface area contributed by atoms with Crippen LogP contribution in [0.1, 0.15) is 49.2 Å². The molecule has 12 heteroatoms. The summed E-state index contributed by atoms with van der Waals surface area (Å²) in [5.74, 6) is -1.03. The molecule has 1 aromatic carbocycles. The van der Waals surface area contributed by atoms with Gasteiger partial charge >= 0.3 is 0 Å². The topological polar surface area (TPSA) is 141 Å². The first-order chi connectivity index (χ1) is 17.6. The number of nitrogens with two attached hydrogens (primary N) is 1. The molecule has 2 heterocycles. The predicted octanol–water partition coefficient (Wildman–Crippen LogP) is 2.60. The van der Waals surface area contributed by atoms with Gasteiger partial charge in [0.1, 0.15) is 22.4 Å². The fourth-order valence-corrected chi connectivity index (χ4v) is 6.14. The Morgan fingerprint density at radius 1 is 1.30 bits per heavy atom. The highest BCUT2D eigenvalue weighted by Crippen LogP contribution is 2.66. The third-order valence-electron chi connectivity index (χ3n) is 6.87. The van der Waals surface area contributed by atoms with E-state index in [0.717, 1.165) is 12.8 Å². The number of ether oxygens (including phenoxy) is 2. The molecule has 4 N–H and O–H groups in total. The minimum atomic E-state index is -1.06. The fraction of sp³-hybridized carbons (Fsp3) is 0.480. The highest BCUT2D eigenvalue weighted by molar-refractivity contribution is 8.15. The van der Waals surface area contributed by atoms with Gasteiger partial charge in [-0.2, -0.15) is 0 Å². The zero-order chi connectivity index (χ0) is 26.4. The van der Waals surface area contributed by atoms with Crippen molar-refractivity contribution < 1.29 is 23.5 Å². The van der Waals surface area contributed by atoms with E-state index in [1.807, 2.05) is 6.92 Å². The summed E-state index contributed by atoms with van der Waals surface area (Å²) >= 11 is 1.25. The number of hydrogen-bond acceptors (Lipinski definition) is 9. The minimum Gasteiger partial charge on any atom is -0.471 e. The number of halogens is 1. The van der Waals surface area contributed by atoms with E-state index in [9.17, 15) is 9.59 Å². The Morgan fingerprint density at radius 2 is 2.08 bits per heavy atom. The van der Waals surface area contributed by atoms with Crippen molar-refractivity contribution in [3.8, 4) is 5.88 Å². The average molecular weight is 529 g/mol. The number of carbonyl (C=O) groups is 2. The van der Waals surface area contributed by atoms with Crippen LogP contribution in [0.2, 0.25) is 0 Å². The second kappa shape index (κ2) is 9.56. The molecular formula is C25H29FN6O4S. The molecule has 4 atom stereocenters. The number of anilines is 1. The van der Waals surface area contributed by atoms with Gasteiger partial charge in [-0.1, -0.05) is 11.8 Å². The zero-order valence-corrected chi connectivity index (χ0v) is 21.6. The van der Waals surface area contributed by atoms with Crippen molar-refractivity contribution in [3.05, 3.63) is 47.7 Å². The van der Waals surface area contributed by atoms with E-state index in [-0.39, 0.29) is 46.3 Å². The summed E-state index contributed by atoms with van der Waals surface area (Å²) in [6.45, 7) is 4.00. The third-order valence-corrected chi connectivity index (χ3v) is 8.17. The SMILES string of the molecule is COC[C@H](C)Oc1cnc(C(=O)Nc2ccc(F)c([C@@]3(C)N=C(N)S[C@@]4(C(=O)NC5CC5)C[C@H]43)c2)cn1. The molecule has 0 spiro atoms. The molecule has 5 rings (SSSR count). The largest absolute Gasteiger partial charge is 0.471 e. The van der Waals surface area contributed by atoms with Crippen LogP contribution in [-0.2, 0) is 15.1 Å². The Hall–Kier alpha value is -3.25. The molecule has 0 unspecified atom stereocenters. The monoisotopic (exact) mass is 528 g/mol. The summed E-state index contributed by atoms with van der Waals surface area (Å²) < 4.78 is 25.0. The number of aromatic nitrogens is 2. The number of nitrogens with one attached hydrogen (secondary N) is 2. The van der Waals surface area contributed by atoms with Crippen molar-refractivity contribution in [2.45, 2.75) is 55.5 Å². The minimum absolute atomic E-state index is 0.0677. The van der Waals surface area contributed by atoms with Crippen molar-refractivity contribution in [2.24, 2.45) is 16.6 Å². The summed E-state index contributed by atoms with van der Waals surface area (Å²) in [7, 11) is 1.57. The van der Waals surface area contributed by atoms with Gasteiger partial charge in [0.25, 0.3) is 5.91 Å². The van der Waals surface area contributed by atoms with Gasteiger partial charge in [-0.25, -0.2) is 14.4 Å². The highest BCUT2D eigenvalue weighted by Gasteiger charge is 2.70. The maximum atomic E-state index is 15.2. The number of hydrogen-bond donors (Lipinski definition) is 3. The second-order valence-electron chi connectivity index (χ2n) is 9.87. The molecule has 3 aliphatic rings. The van der Waals surface area contributed by atoms with E-state index in [1.54, 1.807) is 20.1 Å². The molecule has 10 nitrogen and oxygen atoms in total. The van der Waals surface area contributed by atoms with E-state index in [2.05, 4.69) is 25.6 Å².